The van der Waals surface area contributed by atoms with Crippen LogP contribution >= 0.6 is 11.6 Å². The van der Waals surface area contributed by atoms with Gasteiger partial charge in [-0.15, -0.1) is 0 Å². The Morgan fingerprint density at radius 1 is 1.17 bits per heavy atom. The highest BCUT2D eigenvalue weighted by atomic mass is 35.5. The standard InChI is InChI=1S/C11H5ClF2N2O2/c12-11-10(16(17)18)4-7(5-15-11)6-1-2-8(13)9(14)3-6/h1-5H. The van der Waals surface area contributed by atoms with Crippen LogP contribution in [-0.2, 0) is 0 Å². The van der Waals surface area contributed by atoms with Gasteiger partial charge in [0.1, 0.15) is 0 Å². The third-order valence-electron chi connectivity index (χ3n) is 2.27. The van der Waals surface area contributed by atoms with Crippen molar-refractivity contribution in [3.8, 4) is 11.1 Å². The summed E-state index contributed by atoms with van der Waals surface area (Å²) >= 11 is 5.55. The number of pyridine rings is 1. The van der Waals surface area contributed by atoms with Gasteiger partial charge < -0.3 is 0 Å². The molecule has 0 aliphatic heterocycles. The lowest BCUT2D eigenvalue weighted by atomic mass is 10.1. The summed E-state index contributed by atoms with van der Waals surface area (Å²) in [6.45, 7) is 0. The summed E-state index contributed by atoms with van der Waals surface area (Å²) in [6, 6.07) is 4.32. The smallest absolute Gasteiger partial charge is 0.258 e. The third-order valence-corrected chi connectivity index (χ3v) is 2.56. The number of rotatable bonds is 2. The first-order chi connectivity index (χ1) is 8.49. The molecule has 0 N–H and O–H groups in total. The van der Waals surface area contributed by atoms with Gasteiger partial charge in [0.2, 0.25) is 5.15 Å². The van der Waals surface area contributed by atoms with Crippen LogP contribution in [0.25, 0.3) is 11.1 Å². The summed E-state index contributed by atoms with van der Waals surface area (Å²) in [5.74, 6) is -2.03. The molecule has 0 bridgehead atoms. The van der Waals surface area contributed by atoms with E-state index < -0.39 is 16.6 Å². The average Bonchev–Trinajstić information content (AvgIpc) is 2.33. The fourth-order valence-electron chi connectivity index (χ4n) is 1.40. The maximum absolute atomic E-state index is 13.0. The van der Waals surface area contributed by atoms with Gasteiger partial charge in [0.25, 0.3) is 0 Å². The van der Waals surface area contributed by atoms with E-state index >= 15 is 0 Å². The molecule has 0 fully saturated rings. The Morgan fingerprint density at radius 2 is 1.89 bits per heavy atom. The van der Waals surface area contributed by atoms with Gasteiger partial charge in [0.05, 0.1) is 4.92 Å². The molecule has 1 heterocycles. The minimum absolute atomic E-state index is 0.258. The fourth-order valence-corrected chi connectivity index (χ4v) is 1.57. The zero-order valence-electron chi connectivity index (χ0n) is 8.73. The topological polar surface area (TPSA) is 56.0 Å². The summed E-state index contributed by atoms with van der Waals surface area (Å²) in [4.78, 5) is 13.6. The van der Waals surface area contributed by atoms with Gasteiger partial charge in [0.15, 0.2) is 11.6 Å². The molecule has 0 aliphatic carbocycles. The summed E-state index contributed by atoms with van der Waals surface area (Å²) in [5, 5.41) is 10.4. The highest BCUT2D eigenvalue weighted by Crippen LogP contribution is 2.28. The molecular weight excluding hydrogens is 266 g/mol. The third kappa shape index (κ3) is 2.28. The predicted octanol–water partition coefficient (Wildman–Crippen LogP) is 3.59. The molecule has 0 radical (unpaired) electrons. The second-order valence-corrected chi connectivity index (χ2v) is 3.78. The van der Waals surface area contributed by atoms with E-state index in [0.717, 1.165) is 18.2 Å². The maximum Gasteiger partial charge on any atom is 0.307 e. The van der Waals surface area contributed by atoms with Gasteiger partial charge in [-0.25, -0.2) is 13.8 Å². The molecule has 2 rings (SSSR count). The highest BCUT2D eigenvalue weighted by molar-refractivity contribution is 6.31. The van der Waals surface area contributed by atoms with Gasteiger partial charge in [-0.3, -0.25) is 10.1 Å². The Bertz CT molecular complexity index is 634. The van der Waals surface area contributed by atoms with Gasteiger partial charge in [0, 0.05) is 17.8 Å². The summed E-state index contributed by atoms with van der Waals surface area (Å²) in [6.07, 6.45) is 1.25. The number of benzene rings is 1. The van der Waals surface area contributed by atoms with Crippen LogP contribution in [-0.4, -0.2) is 9.91 Å². The lowest BCUT2D eigenvalue weighted by Gasteiger charge is -2.02. The van der Waals surface area contributed by atoms with E-state index in [0.29, 0.717) is 0 Å². The van der Waals surface area contributed by atoms with Gasteiger partial charge >= 0.3 is 5.69 Å². The minimum Gasteiger partial charge on any atom is -0.258 e. The van der Waals surface area contributed by atoms with Crippen molar-refractivity contribution in [3.05, 3.63) is 57.4 Å². The SMILES string of the molecule is O=[N+]([O-])c1cc(-c2ccc(F)c(F)c2)cnc1Cl. The van der Waals surface area contributed by atoms with E-state index in [1.54, 1.807) is 0 Å². The number of hydrogen-bond acceptors (Lipinski definition) is 3. The predicted molar refractivity (Wildman–Crippen MR) is 61.3 cm³/mol. The molecule has 0 amide bonds. The minimum atomic E-state index is -1.04. The van der Waals surface area contributed by atoms with Crippen LogP contribution in [0, 0.1) is 21.7 Å². The van der Waals surface area contributed by atoms with E-state index in [-0.39, 0.29) is 22.0 Å². The largest absolute Gasteiger partial charge is 0.307 e. The van der Waals surface area contributed by atoms with E-state index in [4.69, 9.17) is 11.6 Å². The van der Waals surface area contributed by atoms with E-state index in [1.807, 2.05) is 0 Å². The lowest BCUT2D eigenvalue weighted by Crippen LogP contribution is -1.93. The molecular formula is C11H5ClF2N2O2. The van der Waals surface area contributed by atoms with Crippen LogP contribution in [0.1, 0.15) is 0 Å². The van der Waals surface area contributed by atoms with Crippen molar-refractivity contribution in [3.63, 3.8) is 0 Å². The van der Waals surface area contributed by atoms with Crippen molar-refractivity contribution in [2.75, 3.05) is 0 Å². The van der Waals surface area contributed by atoms with Crippen molar-refractivity contribution in [2.45, 2.75) is 0 Å². The number of nitrogens with zero attached hydrogens (tertiary/aromatic N) is 2. The highest BCUT2D eigenvalue weighted by Gasteiger charge is 2.15. The molecule has 0 saturated carbocycles. The zero-order valence-corrected chi connectivity index (χ0v) is 9.49. The Hall–Kier alpha value is -2.08. The molecule has 2 aromatic rings. The zero-order chi connectivity index (χ0) is 13.3. The van der Waals surface area contributed by atoms with E-state index in [2.05, 4.69) is 4.98 Å². The van der Waals surface area contributed by atoms with Crippen molar-refractivity contribution in [2.24, 2.45) is 0 Å². The monoisotopic (exact) mass is 270 g/mol. The van der Waals surface area contributed by atoms with Crippen molar-refractivity contribution in [1.29, 1.82) is 0 Å². The molecule has 1 aromatic carbocycles. The first kappa shape index (κ1) is 12.4. The average molecular weight is 271 g/mol. The summed E-state index contributed by atoms with van der Waals surface area (Å²) in [7, 11) is 0. The van der Waals surface area contributed by atoms with E-state index in [9.17, 15) is 18.9 Å². The number of hydrogen-bond donors (Lipinski definition) is 0. The van der Waals surface area contributed by atoms with Crippen LogP contribution < -0.4 is 0 Å². The van der Waals surface area contributed by atoms with Crippen molar-refractivity contribution in [1.82, 2.24) is 4.98 Å². The van der Waals surface area contributed by atoms with Crippen LogP contribution in [0.3, 0.4) is 0 Å². The van der Waals surface area contributed by atoms with Crippen molar-refractivity contribution < 1.29 is 13.7 Å². The van der Waals surface area contributed by atoms with Crippen LogP contribution in [0.5, 0.6) is 0 Å². The second kappa shape index (κ2) is 4.66. The quantitative estimate of drug-likeness (QED) is 0.476. The Morgan fingerprint density at radius 3 is 2.50 bits per heavy atom. The summed E-state index contributed by atoms with van der Waals surface area (Å²) in [5.41, 5.74) is 0.171. The molecule has 92 valence electrons. The molecule has 0 atom stereocenters. The number of aromatic nitrogens is 1. The number of halogens is 3. The fraction of sp³-hybridized carbons (Fsp3) is 0. The number of nitro groups is 1. The van der Waals surface area contributed by atoms with Gasteiger partial charge in [-0.1, -0.05) is 17.7 Å². The normalized spacial score (nSPS) is 10.4. The van der Waals surface area contributed by atoms with Crippen LogP contribution in [0.2, 0.25) is 5.15 Å². The molecule has 1 aromatic heterocycles. The molecule has 18 heavy (non-hydrogen) atoms. The van der Waals surface area contributed by atoms with Crippen LogP contribution in [0.4, 0.5) is 14.5 Å². The van der Waals surface area contributed by atoms with Gasteiger partial charge in [-0.05, 0) is 17.7 Å². The van der Waals surface area contributed by atoms with E-state index in [1.165, 1.54) is 12.3 Å². The first-order valence-electron chi connectivity index (χ1n) is 4.74. The molecule has 0 unspecified atom stereocenters. The van der Waals surface area contributed by atoms with Crippen LogP contribution in [0.15, 0.2) is 30.5 Å². The maximum atomic E-state index is 13.0. The molecule has 0 aliphatic rings. The Kier molecular flexibility index (Phi) is 3.20. The van der Waals surface area contributed by atoms with Gasteiger partial charge in [-0.2, -0.15) is 0 Å². The summed E-state index contributed by atoms with van der Waals surface area (Å²) < 4.78 is 25.8. The lowest BCUT2D eigenvalue weighted by molar-refractivity contribution is -0.385. The molecule has 0 spiro atoms. The molecule has 7 heteroatoms. The first-order valence-corrected chi connectivity index (χ1v) is 5.12. The Balaban J connectivity index is 2.54. The van der Waals surface area contributed by atoms with Crippen molar-refractivity contribution >= 4 is 17.3 Å². The second-order valence-electron chi connectivity index (χ2n) is 3.42. The molecule has 0 saturated heterocycles. The Labute approximate surface area is 105 Å². The molecule has 4 nitrogen and oxygen atoms in total.